The molecule has 2 rings (SSSR count). The van der Waals surface area contributed by atoms with Gasteiger partial charge >= 0.3 is 11.9 Å². The lowest BCUT2D eigenvalue weighted by Gasteiger charge is -2.42. The van der Waals surface area contributed by atoms with Gasteiger partial charge in [0.15, 0.2) is 6.04 Å². The number of amides is 2. The highest BCUT2D eigenvalue weighted by atomic mass is 79.9. The van der Waals surface area contributed by atoms with Crippen molar-refractivity contribution in [3.8, 4) is 0 Å². The molecule has 0 aliphatic carbocycles. The van der Waals surface area contributed by atoms with E-state index in [2.05, 4.69) is 5.32 Å². The summed E-state index contributed by atoms with van der Waals surface area (Å²) in [5.74, 6) is -1.93. The van der Waals surface area contributed by atoms with Gasteiger partial charge in [-0.3, -0.25) is 24.7 Å². The predicted molar refractivity (Wildman–Crippen MR) is 110 cm³/mol. The van der Waals surface area contributed by atoms with Gasteiger partial charge in [-0.1, -0.05) is 13.8 Å². The quantitative estimate of drug-likeness (QED) is 0.508. The number of nitrogens with zero attached hydrogens (tertiary/aromatic N) is 2. The first-order valence-electron chi connectivity index (χ1n) is 10.0. The van der Waals surface area contributed by atoms with Crippen LogP contribution in [-0.4, -0.2) is 70.2 Å². The molecule has 2 amide bonds. The number of aliphatic carboxylic acids is 1. The molecule has 0 aromatic rings. The number of hydrazine groups is 1. The van der Waals surface area contributed by atoms with Crippen molar-refractivity contribution in [2.24, 2.45) is 5.92 Å². The summed E-state index contributed by atoms with van der Waals surface area (Å²) >= 11 is 0. The van der Waals surface area contributed by atoms with Crippen LogP contribution in [0.25, 0.3) is 0 Å². The number of hydrogen-bond acceptors (Lipinski definition) is 6. The van der Waals surface area contributed by atoms with E-state index in [-0.39, 0.29) is 42.3 Å². The molecule has 0 saturated carbocycles. The van der Waals surface area contributed by atoms with E-state index in [9.17, 15) is 24.3 Å². The van der Waals surface area contributed by atoms with Gasteiger partial charge in [-0.25, -0.2) is 9.80 Å². The van der Waals surface area contributed by atoms with Gasteiger partial charge < -0.3 is 9.84 Å². The van der Waals surface area contributed by atoms with Crippen molar-refractivity contribution < 1.29 is 29.0 Å². The number of nitrogens with one attached hydrogen (secondary N) is 1. The molecule has 2 saturated heterocycles. The Balaban J connectivity index is 0.00000420. The fourth-order valence-corrected chi connectivity index (χ4v) is 3.67. The highest BCUT2D eigenvalue weighted by Crippen LogP contribution is 2.25. The standard InChI is InChI=1S/C19H31N3O6.BrH/c1-4-28-19(27)14(8-7-12(2)3)20-13-9-10-16(23)21-11-5-6-15(18(25)26)22(21)17(13)24;/h12-15,20H,4-11H2,1-3H3,(H,25,26);1H/t13-,14-,15-;/m0./s1. The van der Waals surface area contributed by atoms with E-state index in [1.165, 1.54) is 5.01 Å². The third-order valence-corrected chi connectivity index (χ3v) is 5.15. The Morgan fingerprint density at radius 2 is 1.93 bits per heavy atom. The maximum Gasteiger partial charge on any atom is 0.328 e. The number of carbonyl (C=O) groups is 4. The van der Waals surface area contributed by atoms with E-state index >= 15 is 0 Å². The summed E-state index contributed by atoms with van der Waals surface area (Å²) in [4.78, 5) is 49.6. The fraction of sp³-hybridized carbons (Fsp3) is 0.789. The zero-order valence-corrected chi connectivity index (χ0v) is 19.0. The van der Waals surface area contributed by atoms with Gasteiger partial charge in [0.1, 0.15) is 6.04 Å². The van der Waals surface area contributed by atoms with Gasteiger partial charge in [-0.2, -0.15) is 0 Å². The average molecular weight is 478 g/mol. The molecule has 0 unspecified atom stereocenters. The summed E-state index contributed by atoms with van der Waals surface area (Å²) in [5.41, 5.74) is 0. The average Bonchev–Trinajstić information content (AvgIpc) is 2.76. The third kappa shape index (κ3) is 6.40. The fourth-order valence-electron chi connectivity index (χ4n) is 3.67. The first-order chi connectivity index (χ1) is 13.3. The summed E-state index contributed by atoms with van der Waals surface area (Å²) in [6.07, 6.45) is 2.43. The number of rotatable bonds is 8. The number of fused-ring (bicyclic) bond motifs is 1. The van der Waals surface area contributed by atoms with Crippen molar-refractivity contribution in [2.75, 3.05) is 13.2 Å². The number of halogens is 1. The van der Waals surface area contributed by atoms with Crippen LogP contribution in [0.3, 0.4) is 0 Å². The van der Waals surface area contributed by atoms with Crippen LogP contribution in [0.2, 0.25) is 0 Å². The highest BCUT2D eigenvalue weighted by molar-refractivity contribution is 8.93. The van der Waals surface area contributed by atoms with E-state index in [1.807, 2.05) is 13.8 Å². The van der Waals surface area contributed by atoms with Gasteiger partial charge in [0.2, 0.25) is 5.91 Å². The Hall–Kier alpha value is -1.68. The topological polar surface area (TPSA) is 116 Å². The lowest BCUT2D eigenvalue weighted by molar-refractivity contribution is -0.181. The smallest absolute Gasteiger partial charge is 0.328 e. The number of esters is 1. The molecule has 2 aliphatic rings. The summed E-state index contributed by atoms with van der Waals surface area (Å²) in [6, 6.07) is -2.55. The molecule has 2 heterocycles. The second-order valence-electron chi connectivity index (χ2n) is 7.73. The second-order valence-corrected chi connectivity index (χ2v) is 7.73. The predicted octanol–water partition coefficient (Wildman–Crippen LogP) is 1.50. The number of carboxylic acid groups (broad SMARTS) is 1. The first-order valence-corrected chi connectivity index (χ1v) is 10.0. The Kier molecular flexibility index (Phi) is 10.0. The molecule has 0 spiro atoms. The zero-order valence-electron chi connectivity index (χ0n) is 17.3. The Morgan fingerprint density at radius 3 is 2.52 bits per heavy atom. The zero-order chi connectivity index (χ0) is 20.8. The van der Waals surface area contributed by atoms with Crippen molar-refractivity contribution in [1.29, 1.82) is 0 Å². The Morgan fingerprint density at radius 1 is 1.24 bits per heavy atom. The van der Waals surface area contributed by atoms with Crippen LogP contribution in [0.15, 0.2) is 0 Å². The van der Waals surface area contributed by atoms with Crippen LogP contribution in [0, 0.1) is 5.92 Å². The van der Waals surface area contributed by atoms with Crippen molar-refractivity contribution in [2.45, 2.75) is 77.4 Å². The molecule has 9 nitrogen and oxygen atoms in total. The van der Waals surface area contributed by atoms with Gasteiger partial charge in [-0.05, 0) is 44.9 Å². The number of carbonyl (C=O) groups excluding carboxylic acids is 3. The van der Waals surface area contributed by atoms with Crippen molar-refractivity contribution >= 4 is 40.7 Å². The van der Waals surface area contributed by atoms with Crippen molar-refractivity contribution in [3.05, 3.63) is 0 Å². The van der Waals surface area contributed by atoms with Gasteiger partial charge in [-0.15, -0.1) is 17.0 Å². The molecule has 3 atom stereocenters. The molecule has 10 heteroatoms. The number of hydrogen-bond donors (Lipinski definition) is 2. The van der Waals surface area contributed by atoms with Crippen LogP contribution in [0.4, 0.5) is 0 Å². The van der Waals surface area contributed by atoms with Crippen LogP contribution in [0.5, 0.6) is 0 Å². The maximum absolute atomic E-state index is 13.1. The summed E-state index contributed by atoms with van der Waals surface area (Å²) in [5, 5.41) is 14.9. The van der Waals surface area contributed by atoms with Crippen LogP contribution < -0.4 is 5.32 Å². The van der Waals surface area contributed by atoms with Gasteiger partial charge in [0, 0.05) is 13.0 Å². The molecular formula is C19H32BrN3O6. The molecule has 0 aromatic carbocycles. The minimum atomic E-state index is -1.13. The summed E-state index contributed by atoms with van der Waals surface area (Å²) < 4.78 is 5.13. The molecule has 2 N–H and O–H groups in total. The van der Waals surface area contributed by atoms with E-state index in [0.29, 0.717) is 31.7 Å². The minimum Gasteiger partial charge on any atom is -0.480 e. The highest BCUT2D eigenvalue weighted by Gasteiger charge is 2.45. The molecule has 2 fully saturated rings. The van der Waals surface area contributed by atoms with E-state index < -0.39 is 36.0 Å². The van der Waals surface area contributed by atoms with Crippen molar-refractivity contribution in [1.82, 2.24) is 15.3 Å². The SMILES string of the molecule is Br.CCOC(=O)[C@H](CCC(C)C)N[C@H]1CCC(=O)N2CCC[C@@H](C(=O)O)N2C1=O. The normalized spacial score (nSPS) is 23.2. The van der Waals surface area contributed by atoms with Gasteiger partial charge in [0.25, 0.3) is 5.91 Å². The summed E-state index contributed by atoms with van der Waals surface area (Å²) in [7, 11) is 0. The minimum absolute atomic E-state index is 0. The van der Waals surface area contributed by atoms with E-state index in [0.717, 1.165) is 11.4 Å². The monoisotopic (exact) mass is 477 g/mol. The largest absolute Gasteiger partial charge is 0.480 e. The Bertz CT molecular complexity index is 615. The Labute approximate surface area is 181 Å². The van der Waals surface area contributed by atoms with Crippen LogP contribution >= 0.6 is 17.0 Å². The molecule has 0 radical (unpaired) electrons. The van der Waals surface area contributed by atoms with Crippen LogP contribution in [-0.2, 0) is 23.9 Å². The third-order valence-electron chi connectivity index (χ3n) is 5.15. The first kappa shape index (κ1) is 25.4. The molecule has 2 aliphatic heterocycles. The molecular weight excluding hydrogens is 446 g/mol. The van der Waals surface area contributed by atoms with Gasteiger partial charge in [0.05, 0.1) is 12.6 Å². The van der Waals surface area contributed by atoms with E-state index in [4.69, 9.17) is 4.74 Å². The summed E-state index contributed by atoms with van der Waals surface area (Å²) in [6.45, 7) is 6.37. The molecule has 166 valence electrons. The molecule has 0 aromatic heterocycles. The van der Waals surface area contributed by atoms with Crippen LogP contribution in [0.1, 0.15) is 59.3 Å². The molecule has 29 heavy (non-hydrogen) atoms. The lowest BCUT2D eigenvalue weighted by atomic mass is 10.0. The van der Waals surface area contributed by atoms with E-state index in [1.54, 1.807) is 6.92 Å². The maximum atomic E-state index is 13.1. The molecule has 0 bridgehead atoms. The lowest BCUT2D eigenvalue weighted by Crippen LogP contribution is -2.62. The van der Waals surface area contributed by atoms with Crippen molar-refractivity contribution in [3.63, 3.8) is 0 Å². The number of carboxylic acids is 1. The number of ether oxygens (including phenoxy) is 1. The second kappa shape index (κ2) is 11.5.